The van der Waals surface area contributed by atoms with Gasteiger partial charge in [-0.15, -0.1) is 0 Å². The molecular weight excluding hydrogens is 302 g/mol. The molecule has 0 atom stereocenters. The highest BCUT2D eigenvalue weighted by Crippen LogP contribution is 2.57. The second kappa shape index (κ2) is 9.95. The van der Waals surface area contributed by atoms with E-state index in [0.29, 0.717) is 0 Å². The topological polar surface area (TPSA) is 12.0 Å². The van der Waals surface area contributed by atoms with E-state index in [1.807, 2.05) is 0 Å². The summed E-state index contributed by atoms with van der Waals surface area (Å²) in [6.45, 7) is 8.91. The van der Waals surface area contributed by atoms with Gasteiger partial charge in [-0.05, 0) is 115 Å². The first-order valence-corrected chi connectivity index (χ1v) is 10.6. The van der Waals surface area contributed by atoms with Gasteiger partial charge in [-0.2, -0.15) is 0 Å². The summed E-state index contributed by atoms with van der Waals surface area (Å²) in [5.41, 5.74) is 2.96. The average Bonchev–Trinajstić information content (AvgIpc) is 2.51. The van der Waals surface area contributed by atoms with E-state index in [1.54, 1.807) is 32.1 Å². The molecule has 0 aromatic heterocycles. The molecule has 4 bridgehead atoms. The first-order valence-electron chi connectivity index (χ1n) is 10.6. The van der Waals surface area contributed by atoms with Crippen LogP contribution in [0.1, 0.15) is 86.0 Å². The Morgan fingerprint density at radius 1 is 0.920 bits per heavy atom. The fraction of sp³-hybridized carbons (Fsp3) is 0.833. The third-order valence-corrected chi connectivity index (χ3v) is 7.00. The Morgan fingerprint density at radius 2 is 1.56 bits per heavy atom. The molecule has 4 rings (SSSR count). The molecule has 0 spiro atoms. The second-order valence-electron chi connectivity index (χ2n) is 9.31. The predicted octanol–water partition coefficient (Wildman–Crippen LogP) is 6.76. The maximum absolute atomic E-state index is 3.65. The molecule has 0 saturated heterocycles. The van der Waals surface area contributed by atoms with E-state index in [9.17, 15) is 0 Å². The minimum absolute atomic E-state index is 0. The lowest BCUT2D eigenvalue weighted by molar-refractivity contribution is -0.0401. The van der Waals surface area contributed by atoms with Crippen molar-refractivity contribution in [1.29, 1.82) is 0 Å². The van der Waals surface area contributed by atoms with Crippen LogP contribution >= 0.6 is 0 Å². The monoisotopic (exact) mass is 345 g/mol. The molecule has 1 N–H and O–H groups in total. The van der Waals surface area contributed by atoms with E-state index in [4.69, 9.17) is 0 Å². The van der Waals surface area contributed by atoms with Crippen molar-refractivity contribution in [1.82, 2.24) is 5.32 Å². The van der Waals surface area contributed by atoms with Gasteiger partial charge in [-0.1, -0.05) is 30.7 Å². The molecular formula is C24H43N. The van der Waals surface area contributed by atoms with Gasteiger partial charge in [0.05, 0.1) is 0 Å². The lowest BCUT2D eigenvalue weighted by Gasteiger charge is -2.54. The second-order valence-corrected chi connectivity index (χ2v) is 9.31. The molecule has 1 nitrogen and oxygen atoms in total. The standard InChI is InChI=1S/C23H39N.CH4/c1-17(2)6-4-7-18(3)9-11-24-10-5-8-23-21-13-19-12-20(15-21)16-22(23)14-19;/h6,9,19-24H,4-5,7-8,10-16H2,1-3H3;1H4/b18-9+;. The maximum Gasteiger partial charge on any atom is 0.0137 e. The summed E-state index contributed by atoms with van der Waals surface area (Å²) in [5.74, 6) is 5.56. The van der Waals surface area contributed by atoms with Crippen LogP contribution in [0.15, 0.2) is 23.3 Å². The molecule has 4 fully saturated rings. The van der Waals surface area contributed by atoms with Crippen LogP contribution in [0, 0.1) is 29.6 Å². The summed E-state index contributed by atoms with van der Waals surface area (Å²) in [5, 5.41) is 3.65. The first-order chi connectivity index (χ1) is 11.6. The number of nitrogens with one attached hydrogen (secondary N) is 1. The van der Waals surface area contributed by atoms with Crippen LogP contribution in [-0.4, -0.2) is 13.1 Å². The molecule has 0 radical (unpaired) electrons. The van der Waals surface area contributed by atoms with Crippen molar-refractivity contribution in [2.45, 2.75) is 86.0 Å². The highest BCUT2D eigenvalue weighted by Gasteiger charge is 2.47. The lowest BCUT2D eigenvalue weighted by atomic mass is 9.51. The largest absolute Gasteiger partial charge is 0.313 e. The molecule has 0 amide bonds. The first kappa shape index (κ1) is 20.7. The van der Waals surface area contributed by atoms with Crippen LogP contribution in [0.5, 0.6) is 0 Å². The Morgan fingerprint density at radius 3 is 2.16 bits per heavy atom. The molecule has 4 saturated carbocycles. The van der Waals surface area contributed by atoms with Gasteiger partial charge in [-0.3, -0.25) is 0 Å². The van der Waals surface area contributed by atoms with Crippen LogP contribution in [0.25, 0.3) is 0 Å². The highest BCUT2D eigenvalue weighted by molar-refractivity contribution is 5.03. The Hall–Kier alpha value is -0.560. The van der Waals surface area contributed by atoms with Crippen molar-refractivity contribution in [3.05, 3.63) is 23.3 Å². The lowest BCUT2D eigenvalue weighted by Crippen LogP contribution is -2.45. The van der Waals surface area contributed by atoms with Crippen molar-refractivity contribution in [3.8, 4) is 0 Å². The number of allylic oxidation sites excluding steroid dienone is 3. The minimum Gasteiger partial charge on any atom is -0.313 e. The Kier molecular flexibility index (Phi) is 8.26. The molecule has 0 aromatic rings. The summed E-state index contributed by atoms with van der Waals surface area (Å²) in [6, 6.07) is 0. The predicted molar refractivity (Wildman–Crippen MR) is 112 cm³/mol. The van der Waals surface area contributed by atoms with Gasteiger partial charge in [-0.25, -0.2) is 0 Å². The normalized spacial score (nSPS) is 33.2. The Bertz CT molecular complexity index is 427. The van der Waals surface area contributed by atoms with Crippen LogP contribution < -0.4 is 5.32 Å². The Labute approximate surface area is 157 Å². The minimum atomic E-state index is 0. The average molecular weight is 346 g/mol. The molecule has 0 unspecified atom stereocenters. The zero-order valence-electron chi connectivity index (χ0n) is 16.3. The maximum atomic E-state index is 3.65. The van der Waals surface area contributed by atoms with Gasteiger partial charge in [0.2, 0.25) is 0 Å². The van der Waals surface area contributed by atoms with Gasteiger partial charge in [0.25, 0.3) is 0 Å². The molecule has 4 aliphatic carbocycles. The van der Waals surface area contributed by atoms with Crippen molar-refractivity contribution >= 4 is 0 Å². The van der Waals surface area contributed by atoms with Gasteiger partial charge < -0.3 is 5.32 Å². The van der Waals surface area contributed by atoms with Crippen LogP contribution in [0.3, 0.4) is 0 Å². The molecule has 0 aromatic carbocycles. The smallest absolute Gasteiger partial charge is 0.0137 e. The van der Waals surface area contributed by atoms with Crippen molar-refractivity contribution < 1.29 is 0 Å². The zero-order valence-corrected chi connectivity index (χ0v) is 16.3. The van der Waals surface area contributed by atoms with Crippen LogP contribution in [0.2, 0.25) is 0 Å². The van der Waals surface area contributed by atoms with E-state index >= 15 is 0 Å². The van der Waals surface area contributed by atoms with Gasteiger partial charge in [0, 0.05) is 6.54 Å². The highest BCUT2D eigenvalue weighted by atomic mass is 14.8. The number of hydrogen-bond acceptors (Lipinski definition) is 1. The third kappa shape index (κ3) is 5.98. The number of rotatable bonds is 9. The van der Waals surface area contributed by atoms with Crippen LogP contribution in [-0.2, 0) is 0 Å². The summed E-state index contributed by atoms with van der Waals surface area (Å²) < 4.78 is 0. The van der Waals surface area contributed by atoms with E-state index in [2.05, 4.69) is 38.2 Å². The summed E-state index contributed by atoms with van der Waals surface area (Å²) >= 11 is 0. The van der Waals surface area contributed by atoms with Crippen molar-refractivity contribution in [2.75, 3.05) is 13.1 Å². The molecule has 25 heavy (non-hydrogen) atoms. The van der Waals surface area contributed by atoms with Gasteiger partial charge in [0.15, 0.2) is 0 Å². The fourth-order valence-electron chi connectivity index (χ4n) is 6.01. The zero-order chi connectivity index (χ0) is 16.9. The van der Waals surface area contributed by atoms with E-state index in [0.717, 1.165) is 36.1 Å². The van der Waals surface area contributed by atoms with Crippen molar-refractivity contribution in [2.24, 2.45) is 29.6 Å². The van der Waals surface area contributed by atoms with E-state index in [-0.39, 0.29) is 7.43 Å². The quantitative estimate of drug-likeness (QED) is 0.359. The number of hydrogen-bond donors (Lipinski definition) is 1. The van der Waals surface area contributed by atoms with Crippen molar-refractivity contribution in [3.63, 3.8) is 0 Å². The van der Waals surface area contributed by atoms with E-state index in [1.165, 1.54) is 43.4 Å². The van der Waals surface area contributed by atoms with Crippen LogP contribution in [0.4, 0.5) is 0 Å². The fourth-order valence-corrected chi connectivity index (χ4v) is 6.01. The molecule has 0 aliphatic heterocycles. The molecule has 0 heterocycles. The SMILES string of the molecule is C.CC(C)=CCC/C(C)=C/CNCCCC1C2CC3CC(C2)CC1C3. The molecule has 4 aliphatic rings. The summed E-state index contributed by atoms with van der Waals surface area (Å²) in [6.07, 6.45) is 17.9. The third-order valence-electron chi connectivity index (χ3n) is 7.00. The summed E-state index contributed by atoms with van der Waals surface area (Å²) in [7, 11) is 0. The molecule has 1 heteroatoms. The van der Waals surface area contributed by atoms with Gasteiger partial charge in [0.1, 0.15) is 0 Å². The molecule has 144 valence electrons. The van der Waals surface area contributed by atoms with E-state index < -0.39 is 0 Å². The Balaban J connectivity index is 0.00000225. The summed E-state index contributed by atoms with van der Waals surface area (Å²) in [4.78, 5) is 0. The van der Waals surface area contributed by atoms with Gasteiger partial charge >= 0.3 is 0 Å².